The molecule has 1 heterocycles. The van der Waals surface area contributed by atoms with Crippen LogP contribution in [-0.2, 0) is 10.2 Å². The van der Waals surface area contributed by atoms with Gasteiger partial charge in [-0.15, -0.1) is 0 Å². The Hall–Kier alpha value is -1.89. The molecule has 1 saturated carbocycles. The number of ether oxygens (including phenoxy) is 1. The highest BCUT2D eigenvalue weighted by Crippen LogP contribution is 2.47. The van der Waals surface area contributed by atoms with Gasteiger partial charge in [0.25, 0.3) is 0 Å². The molecular formula is C14H16N2O2. The number of carbonyl (C=O) groups is 1. The minimum atomic E-state index is -0.526. The molecule has 4 nitrogen and oxygen atoms in total. The Morgan fingerprint density at radius 2 is 2.11 bits per heavy atom. The summed E-state index contributed by atoms with van der Waals surface area (Å²) in [5, 5.41) is 9.07. The summed E-state index contributed by atoms with van der Waals surface area (Å²) in [4.78, 5) is 15.8. The molecule has 0 N–H and O–H groups in total. The fraction of sp³-hybridized carbons (Fsp3) is 0.500. The Labute approximate surface area is 107 Å². The van der Waals surface area contributed by atoms with E-state index in [1.165, 1.54) is 0 Å². The predicted molar refractivity (Wildman–Crippen MR) is 65.9 cm³/mol. The molecule has 1 fully saturated rings. The number of carbonyl (C=O) groups excluding carboxylic acids is 1. The van der Waals surface area contributed by atoms with Gasteiger partial charge in [-0.1, -0.05) is 6.07 Å². The number of aromatic nitrogens is 1. The summed E-state index contributed by atoms with van der Waals surface area (Å²) in [6.07, 6.45) is 3.35. The largest absolute Gasteiger partial charge is 0.455 e. The van der Waals surface area contributed by atoms with E-state index in [4.69, 9.17) is 10.00 Å². The van der Waals surface area contributed by atoms with Gasteiger partial charge in [-0.2, -0.15) is 5.26 Å². The monoisotopic (exact) mass is 244 g/mol. The molecule has 0 spiro atoms. The van der Waals surface area contributed by atoms with Crippen molar-refractivity contribution >= 4 is 5.97 Å². The van der Waals surface area contributed by atoms with Crippen LogP contribution in [0.2, 0.25) is 0 Å². The highest BCUT2D eigenvalue weighted by atomic mass is 16.6. The van der Waals surface area contributed by atoms with Crippen LogP contribution in [0.5, 0.6) is 0 Å². The van der Waals surface area contributed by atoms with Crippen molar-refractivity contribution in [1.29, 1.82) is 5.26 Å². The Morgan fingerprint density at radius 3 is 2.50 bits per heavy atom. The molecule has 2 rings (SSSR count). The molecular weight excluding hydrogens is 228 g/mol. The number of hydrogen-bond donors (Lipinski definition) is 0. The van der Waals surface area contributed by atoms with Crippen LogP contribution in [0.3, 0.4) is 0 Å². The summed E-state index contributed by atoms with van der Waals surface area (Å²) in [7, 11) is 0. The molecule has 94 valence electrons. The van der Waals surface area contributed by atoms with E-state index < -0.39 is 11.6 Å². The second-order valence-electron chi connectivity index (χ2n) is 5.63. The van der Waals surface area contributed by atoms with Gasteiger partial charge in [-0.3, -0.25) is 0 Å². The normalized spacial score (nSPS) is 16.8. The van der Waals surface area contributed by atoms with Crippen molar-refractivity contribution in [2.45, 2.75) is 44.6 Å². The molecule has 4 heteroatoms. The van der Waals surface area contributed by atoms with E-state index in [9.17, 15) is 4.79 Å². The Morgan fingerprint density at radius 1 is 1.44 bits per heavy atom. The molecule has 0 unspecified atom stereocenters. The van der Waals surface area contributed by atoms with E-state index in [-0.39, 0.29) is 11.1 Å². The van der Waals surface area contributed by atoms with E-state index in [0.717, 1.165) is 18.4 Å². The molecule has 1 aliphatic rings. The predicted octanol–water partition coefficient (Wildman–Crippen LogP) is 2.59. The van der Waals surface area contributed by atoms with Crippen LogP contribution in [0.4, 0.5) is 0 Å². The van der Waals surface area contributed by atoms with E-state index >= 15 is 0 Å². The zero-order valence-electron chi connectivity index (χ0n) is 10.9. The van der Waals surface area contributed by atoms with E-state index in [2.05, 4.69) is 11.1 Å². The van der Waals surface area contributed by atoms with Crippen molar-refractivity contribution in [2.24, 2.45) is 0 Å². The van der Waals surface area contributed by atoms with Crippen molar-refractivity contribution in [3.8, 4) is 6.07 Å². The third-order valence-corrected chi connectivity index (χ3v) is 2.89. The average molecular weight is 244 g/mol. The standard InChI is InChI=1S/C14H16N2O2/c1-13(2,3)18-12(17)11-5-4-10(8-16-11)14(9-15)6-7-14/h4-5,8H,6-7H2,1-3H3. The van der Waals surface area contributed by atoms with Crippen LogP contribution >= 0.6 is 0 Å². The zero-order valence-corrected chi connectivity index (χ0v) is 10.9. The lowest BCUT2D eigenvalue weighted by atomic mass is 10.00. The van der Waals surface area contributed by atoms with Crippen LogP contribution in [-0.4, -0.2) is 16.6 Å². The van der Waals surface area contributed by atoms with Gasteiger partial charge < -0.3 is 4.74 Å². The van der Waals surface area contributed by atoms with Gasteiger partial charge in [-0.25, -0.2) is 9.78 Å². The van der Waals surface area contributed by atoms with Gasteiger partial charge in [-0.05, 0) is 45.2 Å². The van der Waals surface area contributed by atoms with E-state index in [1.807, 2.05) is 20.8 Å². The summed E-state index contributed by atoms with van der Waals surface area (Å²) >= 11 is 0. The fourth-order valence-corrected chi connectivity index (χ4v) is 1.72. The second kappa shape index (κ2) is 4.09. The van der Waals surface area contributed by atoms with Gasteiger partial charge in [0.2, 0.25) is 0 Å². The summed E-state index contributed by atoms with van der Waals surface area (Å²) in [5.41, 5.74) is 0.279. The molecule has 0 radical (unpaired) electrons. The van der Waals surface area contributed by atoms with Crippen molar-refractivity contribution in [3.63, 3.8) is 0 Å². The number of esters is 1. The molecule has 0 aromatic carbocycles. The minimum Gasteiger partial charge on any atom is -0.455 e. The fourth-order valence-electron chi connectivity index (χ4n) is 1.72. The van der Waals surface area contributed by atoms with Crippen molar-refractivity contribution in [1.82, 2.24) is 4.98 Å². The maximum absolute atomic E-state index is 11.8. The van der Waals surface area contributed by atoms with Crippen molar-refractivity contribution < 1.29 is 9.53 Å². The van der Waals surface area contributed by atoms with Gasteiger partial charge in [0.1, 0.15) is 11.3 Å². The second-order valence-corrected chi connectivity index (χ2v) is 5.63. The third kappa shape index (κ3) is 2.51. The first-order chi connectivity index (χ1) is 8.36. The number of nitrogens with zero attached hydrogens (tertiary/aromatic N) is 2. The molecule has 0 amide bonds. The number of rotatable bonds is 2. The molecule has 18 heavy (non-hydrogen) atoms. The maximum atomic E-state index is 11.8. The number of nitriles is 1. The lowest BCUT2D eigenvalue weighted by Gasteiger charge is -2.19. The van der Waals surface area contributed by atoms with Crippen molar-refractivity contribution in [3.05, 3.63) is 29.6 Å². The summed E-state index contributed by atoms with van der Waals surface area (Å²) in [6.45, 7) is 5.44. The molecule has 0 aliphatic heterocycles. The molecule has 0 bridgehead atoms. The lowest BCUT2D eigenvalue weighted by Crippen LogP contribution is -2.24. The van der Waals surface area contributed by atoms with Gasteiger partial charge in [0.15, 0.2) is 0 Å². The minimum absolute atomic E-state index is 0.280. The number of hydrogen-bond acceptors (Lipinski definition) is 4. The Kier molecular flexibility index (Phi) is 2.86. The zero-order chi connectivity index (χ0) is 13.4. The van der Waals surface area contributed by atoms with Gasteiger partial charge in [0, 0.05) is 6.20 Å². The average Bonchev–Trinajstić information content (AvgIpc) is 3.08. The summed E-state index contributed by atoms with van der Waals surface area (Å²) < 4.78 is 5.22. The van der Waals surface area contributed by atoms with Crippen LogP contribution in [0.1, 0.15) is 49.7 Å². The topological polar surface area (TPSA) is 63.0 Å². The summed E-state index contributed by atoms with van der Waals surface area (Å²) in [5.74, 6) is -0.434. The molecule has 1 aromatic heterocycles. The van der Waals surface area contributed by atoms with Gasteiger partial charge >= 0.3 is 5.97 Å². The molecule has 1 aromatic rings. The highest BCUT2D eigenvalue weighted by Gasteiger charge is 2.45. The van der Waals surface area contributed by atoms with Crippen LogP contribution in [0.15, 0.2) is 18.3 Å². The Bertz CT molecular complexity index is 502. The molecule has 0 atom stereocenters. The smallest absolute Gasteiger partial charge is 0.357 e. The molecule has 0 saturated heterocycles. The highest BCUT2D eigenvalue weighted by molar-refractivity contribution is 5.87. The SMILES string of the molecule is CC(C)(C)OC(=O)c1ccc(C2(C#N)CC2)cn1. The van der Waals surface area contributed by atoms with E-state index in [0.29, 0.717) is 0 Å². The maximum Gasteiger partial charge on any atom is 0.357 e. The summed E-state index contributed by atoms with van der Waals surface area (Å²) in [6, 6.07) is 5.72. The first kappa shape index (κ1) is 12.6. The van der Waals surface area contributed by atoms with E-state index in [1.54, 1.807) is 18.3 Å². The van der Waals surface area contributed by atoms with Crippen LogP contribution in [0.25, 0.3) is 0 Å². The third-order valence-electron chi connectivity index (χ3n) is 2.89. The van der Waals surface area contributed by atoms with Crippen molar-refractivity contribution in [2.75, 3.05) is 0 Å². The van der Waals surface area contributed by atoms with Crippen LogP contribution < -0.4 is 0 Å². The lowest BCUT2D eigenvalue weighted by molar-refractivity contribution is 0.00628. The number of pyridine rings is 1. The first-order valence-corrected chi connectivity index (χ1v) is 5.97. The van der Waals surface area contributed by atoms with Crippen LogP contribution in [0, 0.1) is 11.3 Å². The van der Waals surface area contributed by atoms with Gasteiger partial charge in [0.05, 0.1) is 11.5 Å². The quantitative estimate of drug-likeness (QED) is 0.750. The Balaban J connectivity index is 2.14. The first-order valence-electron chi connectivity index (χ1n) is 5.97. The molecule has 1 aliphatic carbocycles.